The molecule has 17 heavy (non-hydrogen) atoms. The third-order valence-electron chi connectivity index (χ3n) is 1.87. The zero-order valence-corrected chi connectivity index (χ0v) is 10.3. The summed E-state index contributed by atoms with van der Waals surface area (Å²) in [4.78, 5) is 16.9. The van der Waals surface area contributed by atoms with E-state index in [9.17, 15) is 4.79 Å². The predicted molar refractivity (Wildman–Crippen MR) is 68.8 cm³/mol. The molecule has 2 rings (SSSR count). The summed E-state index contributed by atoms with van der Waals surface area (Å²) in [6.07, 6.45) is 1.52. The first-order chi connectivity index (χ1) is 8.25. The summed E-state index contributed by atoms with van der Waals surface area (Å²) in [5.74, 6) is -1.03. The molecule has 1 N–H and O–H groups in total. The Morgan fingerprint density at radius 3 is 3.12 bits per heavy atom. The van der Waals surface area contributed by atoms with Crippen LogP contribution in [0.25, 0.3) is 10.4 Å². The van der Waals surface area contributed by atoms with Crippen LogP contribution >= 0.6 is 22.7 Å². The lowest BCUT2D eigenvalue weighted by atomic mass is 10.2. The quantitative estimate of drug-likeness (QED) is 0.669. The van der Waals surface area contributed by atoms with Gasteiger partial charge in [-0.15, -0.1) is 22.7 Å². The van der Waals surface area contributed by atoms with Crippen LogP contribution in [0.3, 0.4) is 0 Å². The van der Waals surface area contributed by atoms with Crippen molar-refractivity contribution in [2.24, 2.45) is 5.16 Å². The lowest BCUT2D eigenvalue weighted by Crippen LogP contribution is -2.03. The van der Waals surface area contributed by atoms with Crippen LogP contribution < -0.4 is 0 Å². The van der Waals surface area contributed by atoms with E-state index >= 15 is 0 Å². The van der Waals surface area contributed by atoms with Gasteiger partial charge in [0.1, 0.15) is 0 Å². The van der Waals surface area contributed by atoms with Gasteiger partial charge in [-0.25, -0.2) is 4.79 Å². The van der Waals surface area contributed by atoms with Gasteiger partial charge in [-0.1, -0.05) is 11.2 Å². The summed E-state index contributed by atoms with van der Waals surface area (Å²) >= 11 is 3.21. The first-order valence-electron chi connectivity index (χ1n) is 4.75. The molecule has 0 aliphatic rings. The average molecular weight is 267 g/mol. The summed E-state index contributed by atoms with van der Waals surface area (Å²) < 4.78 is 0. The third kappa shape index (κ3) is 3.40. The summed E-state index contributed by atoms with van der Waals surface area (Å²) in [6.45, 7) is -0.417. The molecule has 0 atom stereocenters. The van der Waals surface area contributed by atoms with Crippen LogP contribution in [0.5, 0.6) is 0 Å². The number of carboxylic acid groups (broad SMARTS) is 1. The highest BCUT2D eigenvalue weighted by Gasteiger charge is 2.01. The number of thiophene rings is 2. The molecule has 0 radical (unpaired) electrons. The van der Waals surface area contributed by atoms with Crippen molar-refractivity contribution in [3.05, 3.63) is 33.8 Å². The van der Waals surface area contributed by atoms with E-state index in [0.29, 0.717) is 0 Å². The van der Waals surface area contributed by atoms with Gasteiger partial charge in [0.15, 0.2) is 0 Å². The minimum absolute atomic E-state index is 0.417. The maximum absolute atomic E-state index is 10.2. The van der Waals surface area contributed by atoms with E-state index in [1.165, 1.54) is 22.4 Å². The van der Waals surface area contributed by atoms with Gasteiger partial charge >= 0.3 is 5.97 Å². The monoisotopic (exact) mass is 267 g/mol. The highest BCUT2D eigenvalue weighted by Crippen LogP contribution is 2.28. The smallest absolute Gasteiger partial charge is 0.344 e. The van der Waals surface area contributed by atoms with E-state index in [1.54, 1.807) is 11.3 Å². The summed E-state index contributed by atoms with van der Waals surface area (Å²) in [6, 6.07) is 6.04. The minimum atomic E-state index is -1.03. The second kappa shape index (κ2) is 5.60. The molecule has 2 heterocycles. The molecule has 0 aromatic carbocycles. The molecular formula is C11H9NO3S2. The van der Waals surface area contributed by atoms with Crippen molar-refractivity contribution in [3.63, 3.8) is 0 Å². The largest absolute Gasteiger partial charge is 0.479 e. The lowest BCUT2D eigenvalue weighted by Gasteiger charge is -1.90. The van der Waals surface area contributed by atoms with Crippen molar-refractivity contribution in [1.29, 1.82) is 0 Å². The zero-order valence-electron chi connectivity index (χ0n) is 8.70. The van der Waals surface area contributed by atoms with Crippen molar-refractivity contribution in [2.45, 2.75) is 0 Å². The van der Waals surface area contributed by atoms with Gasteiger partial charge in [-0.3, -0.25) is 0 Å². The summed E-state index contributed by atoms with van der Waals surface area (Å²) in [5.41, 5.74) is 1.14. The first kappa shape index (κ1) is 11.8. The molecule has 2 aromatic rings. The number of carbonyl (C=O) groups is 1. The predicted octanol–water partition coefficient (Wildman–Crippen LogP) is 2.91. The molecule has 0 saturated heterocycles. The number of carboxylic acids is 1. The molecule has 0 fully saturated rings. The van der Waals surface area contributed by atoms with Gasteiger partial charge in [0.05, 0.1) is 6.21 Å². The van der Waals surface area contributed by atoms with Gasteiger partial charge in [0.25, 0.3) is 0 Å². The molecule has 0 saturated carbocycles. The van der Waals surface area contributed by atoms with Crippen LogP contribution in [-0.2, 0) is 9.63 Å². The molecule has 0 aliphatic heterocycles. The number of aliphatic carboxylic acids is 1. The Bertz CT molecular complexity index is 517. The van der Waals surface area contributed by atoms with Gasteiger partial charge in [0.2, 0.25) is 6.61 Å². The Balaban J connectivity index is 1.97. The molecule has 0 amide bonds. The van der Waals surface area contributed by atoms with Crippen LogP contribution in [0.4, 0.5) is 0 Å². The molecule has 6 heteroatoms. The molecule has 0 spiro atoms. The average Bonchev–Trinajstić information content (AvgIpc) is 2.94. The van der Waals surface area contributed by atoms with E-state index < -0.39 is 12.6 Å². The van der Waals surface area contributed by atoms with Gasteiger partial charge in [0, 0.05) is 20.7 Å². The van der Waals surface area contributed by atoms with E-state index in [1.807, 2.05) is 22.9 Å². The van der Waals surface area contributed by atoms with Crippen LogP contribution in [0.2, 0.25) is 0 Å². The fourth-order valence-corrected chi connectivity index (χ4v) is 2.72. The Kier molecular flexibility index (Phi) is 3.89. The van der Waals surface area contributed by atoms with Gasteiger partial charge in [-0.05, 0) is 17.5 Å². The topological polar surface area (TPSA) is 58.9 Å². The number of hydrogen-bond donors (Lipinski definition) is 1. The maximum atomic E-state index is 10.2. The van der Waals surface area contributed by atoms with E-state index in [0.717, 1.165) is 10.4 Å². The Hall–Kier alpha value is -1.66. The highest BCUT2D eigenvalue weighted by atomic mass is 32.1. The highest BCUT2D eigenvalue weighted by molar-refractivity contribution is 7.15. The van der Waals surface area contributed by atoms with Crippen molar-refractivity contribution in [2.75, 3.05) is 6.61 Å². The molecule has 0 bridgehead atoms. The first-order valence-corrected chi connectivity index (χ1v) is 6.51. The fourth-order valence-electron chi connectivity index (χ4n) is 1.17. The van der Waals surface area contributed by atoms with Crippen molar-refractivity contribution in [1.82, 2.24) is 0 Å². The number of rotatable bonds is 5. The fraction of sp³-hybridized carbons (Fsp3) is 0.0909. The van der Waals surface area contributed by atoms with Gasteiger partial charge in [-0.2, -0.15) is 0 Å². The minimum Gasteiger partial charge on any atom is -0.479 e. The molecule has 2 aromatic heterocycles. The third-order valence-corrected chi connectivity index (χ3v) is 3.65. The summed E-state index contributed by atoms with van der Waals surface area (Å²) in [7, 11) is 0. The van der Waals surface area contributed by atoms with E-state index in [2.05, 4.69) is 16.1 Å². The Labute approximate surface area is 106 Å². The maximum Gasteiger partial charge on any atom is 0.344 e. The summed E-state index contributed by atoms with van der Waals surface area (Å²) in [5, 5.41) is 16.0. The van der Waals surface area contributed by atoms with E-state index in [-0.39, 0.29) is 0 Å². The second-order valence-electron chi connectivity index (χ2n) is 3.12. The van der Waals surface area contributed by atoms with Crippen LogP contribution in [0.1, 0.15) is 4.88 Å². The van der Waals surface area contributed by atoms with Crippen molar-refractivity contribution < 1.29 is 14.7 Å². The standard InChI is InChI=1S/C11H9NO3S2/c13-11(14)6-15-12-5-9-4-8(7-17-9)10-2-1-3-16-10/h1-5,7H,6H2,(H,13,14). The SMILES string of the molecule is O=C(O)CON=Cc1cc(-c2cccs2)cs1. The van der Waals surface area contributed by atoms with Crippen LogP contribution in [-0.4, -0.2) is 23.9 Å². The Morgan fingerprint density at radius 1 is 1.53 bits per heavy atom. The molecule has 0 unspecified atom stereocenters. The van der Waals surface area contributed by atoms with Crippen molar-refractivity contribution >= 4 is 34.9 Å². The molecular weight excluding hydrogens is 258 g/mol. The normalized spacial score (nSPS) is 10.8. The lowest BCUT2D eigenvalue weighted by molar-refractivity contribution is -0.142. The molecule has 4 nitrogen and oxygen atoms in total. The second-order valence-corrected chi connectivity index (χ2v) is 5.01. The molecule has 0 aliphatic carbocycles. The Morgan fingerprint density at radius 2 is 2.41 bits per heavy atom. The van der Waals surface area contributed by atoms with Crippen LogP contribution in [0, 0.1) is 0 Å². The number of nitrogens with zero attached hydrogens (tertiary/aromatic N) is 1. The van der Waals surface area contributed by atoms with Gasteiger partial charge < -0.3 is 9.94 Å². The number of oxime groups is 1. The van der Waals surface area contributed by atoms with Crippen LogP contribution in [0.15, 0.2) is 34.1 Å². The van der Waals surface area contributed by atoms with E-state index in [4.69, 9.17) is 5.11 Å². The zero-order chi connectivity index (χ0) is 12.1. The number of hydrogen-bond acceptors (Lipinski definition) is 5. The molecule has 88 valence electrons. The van der Waals surface area contributed by atoms with Crippen molar-refractivity contribution in [3.8, 4) is 10.4 Å².